The summed E-state index contributed by atoms with van der Waals surface area (Å²) in [5.74, 6) is -0.357. The van der Waals surface area contributed by atoms with E-state index in [2.05, 4.69) is 9.82 Å². The third-order valence-corrected chi connectivity index (χ3v) is 5.54. The predicted molar refractivity (Wildman–Crippen MR) is 103 cm³/mol. The molecule has 26 heavy (non-hydrogen) atoms. The number of carbonyl (C=O) groups is 1. The minimum absolute atomic E-state index is 0.0961. The minimum Gasteiger partial charge on any atom is -0.469 e. The molecule has 0 bridgehead atoms. The molecular formula is C19H27N3O3S. The maximum absolute atomic E-state index is 12.6. The number of benzene rings is 1. The summed E-state index contributed by atoms with van der Waals surface area (Å²) in [5.41, 5.74) is 3.71. The highest BCUT2D eigenvalue weighted by atomic mass is 32.2. The van der Waals surface area contributed by atoms with Crippen molar-refractivity contribution in [3.8, 4) is 5.69 Å². The zero-order valence-corrected chi connectivity index (χ0v) is 17.0. The highest BCUT2D eigenvalue weighted by molar-refractivity contribution is 7.84. The van der Waals surface area contributed by atoms with E-state index in [1.165, 1.54) is 7.11 Å². The lowest BCUT2D eigenvalue weighted by Gasteiger charge is -2.24. The second-order valence-corrected chi connectivity index (χ2v) is 9.26. The molecule has 0 aliphatic rings. The zero-order valence-electron chi connectivity index (χ0n) is 16.2. The lowest BCUT2D eigenvalue weighted by molar-refractivity contribution is -0.141. The van der Waals surface area contributed by atoms with E-state index < -0.39 is 21.8 Å². The van der Waals surface area contributed by atoms with Crippen molar-refractivity contribution < 1.29 is 13.7 Å². The first-order valence-electron chi connectivity index (χ1n) is 8.50. The van der Waals surface area contributed by atoms with Crippen LogP contribution in [0.4, 0.5) is 0 Å². The van der Waals surface area contributed by atoms with Gasteiger partial charge in [-0.2, -0.15) is 5.10 Å². The number of aromatic nitrogens is 2. The predicted octanol–water partition coefficient (Wildman–Crippen LogP) is 3.15. The summed E-state index contributed by atoms with van der Waals surface area (Å²) in [6.07, 6.45) is 0.0961. The van der Waals surface area contributed by atoms with E-state index in [1.54, 1.807) is 0 Å². The van der Waals surface area contributed by atoms with Crippen LogP contribution in [-0.4, -0.2) is 31.8 Å². The lowest BCUT2D eigenvalue weighted by atomic mass is 10.0. The van der Waals surface area contributed by atoms with Gasteiger partial charge in [-0.3, -0.25) is 4.79 Å². The Morgan fingerprint density at radius 2 is 2.00 bits per heavy atom. The first-order valence-corrected chi connectivity index (χ1v) is 9.65. The van der Waals surface area contributed by atoms with Crippen LogP contribution in [0.5, 0.6) is 0 Å². The van der Waals surface area contributed by atoms with Gasteiger partial charge < -0.3 is 4.74 Å². The standard InChI is InChI=1S/C19H27N3O3S/c1-13-10-14(2)22(20-13)16-9-7-8-15(11-16)17(12-18(23)25-6)21-26(24)19(3,4)5/h7-11,17,21H,12H2,1-6H3/t17-,26?/m0/s1. The molecule has 1 heterocycles. The van der Waals surface area contributed by atoms with Gasteiger partial charge in [0.2, 0.25) is 0 Å². The van der Waals surface area contributed by atoms with Gasteiger partial charge in [0, 0.05) is 5.69 Å². The van der Waals surface area contributed by atoms with Gasteiger partial charge >= 0.3 is 5.97 Å². The van der Waals surface area contributed by atoms with Crippen LogP contribution in [0.2, 0.25) is 0 Å². The molecule has 2 atom stereocenters. The smallest absolute Gasteiger partial charge is 0.307 e. The van der Waals surface area contributed by atoms with Crippen molar-refractivity contribution >= 4 is 17.0 Å². The second-order valence-electron chi connectivity index (χ2n) is 7.27. The normalized spacial score (nSPS) is 14.1. The molecule has 0 fully saturated rings. The van der Waals surface area contributed by atoms with Crippen LogP contribution in [0, 0.1) is 13.8 Å². The molecule has 0 amide bonds. The molecule has 1 unspecified atom stereocenters. The number of hydrogen-bond donors (Lipinski definition) is 1. The fourth-order valence-corrected chi connectivity index (χ4v) is 3.38. The van der Waals surface area contributed by atoms with Crippen LogP contribution >= 0.6 is 0 Å². The summed E-state index contributed by atoms with van der Waals surface area (Å²) >= 11 is 0. The number of hydrogen-bond acceptors (Lipinski definition) is 4. The Labute approximate surface area is 157 Å². The number of nitrogens with zero attached hydrogens (tertiary/aromatic N) is 2. The number of ether oxygens (including phenoxy) is 1. The van der Waals surface area contributed by atoms with Gasteiger partial charge in [0.25, 0.3) is 0 Å². The fourth-order valence-electron chi connectivity index (χ4n) is 2.55. The van der Waals surface area contributed by atoms with Crippen molar-refractivity contribution in [1.29, 1.82) is 0 Å². The summed E-state index contributed by atoms with van der Waals surface area (Å²) in [7, 11) is 0.0357. The third kappa shape index (κ3) is 5.02. The summed E-state index contributed by atoms with van der Waals surface area (Å²) in [6.45, 7) is 9.60. The SMILES string of the molecule is COC(=O)C[C@H](NS(=O)C(C)(C)C)c1cccc(-n2nc(C)cc2C)c1. The number of nitrogens with one attached hydrogen (secondary N) is 1. The van der Waals surface area contributed by atoms with Gasteiger partial charge in [0.1, 0.15) is 0 Å². The van der Waals surface area contributed by atoms with E-state index in [0.717, 1.165) is 22.6 Å². The number of carbonyl (C=O) groups excluding carboxylic acids is 1. The number of aryl methyl sites for hydroxylation is 2. The maximum atomic E-state index is 12.6. The highest BCUT2D eigenvalue weighted by Crippen LogP contribution is 2.23. The van der Waals surface area contributed by atoms with Crippen LogP contribution in [-0.2, 0) is 20.5 Å². The van der Waals surface area contributed by atoms with Crippen LogP contribution in [0.15, 0.2) is 30.3 Å². The van der Waals surface area contributed by atoms with E-state index in [1.807, 2.05) is 69.6 Å². The molecule has 2 aromatic rings. The molecular weight excluding hydrogens is 350 g/mol. The molecule has 7 heteroatoms. The largest absolute Gasteiger partial charge is 0.469 e. The van der Waals surface area contributed by atoms with E-state index >= 15 is 0 Å². The minimum atomic E-state index is -1.32. The van der Waals surface area contributed by atoms with Gasteiger partial charge in [0.05, 0.1) is 46.7 Å². The van der Waals surface area contributed by atoms with Crippen LogP contribution in [0.3, 0.4) is 0 Å². The molecule has 0 radical (unpaired) electrons. The van der Waals surface area contributed by atoms with E-state index in [-0.39, 0.29) is 12.4 Å². The number of esters is 1. The first-order chi connectivity index (χ1) is 12.1. The van der Waals surface area contributed by atoms with E-state index in [9.17, 15) is 9.00 Å². The van der Waals surface area contributed by atoms with Crippen molar-refractivity contribution in [3.63, 3.8) is 0 Å². The average molecular weight is 378 g/mol. The Morgan fingerprint density at radius 1 is 1.31 bits per heavy atom. The Bertz CT molecular complexity index is 809. The monoisotopic (exact) mass is 377 g/mol. The third-order valence-electron chi connectivity index (χ3n) is 3.93. The van der Waals surface area contributed by atoms with Gasteiger partial charge in [-0.25, -0.2) is 13.6 Å². The Hall–Kier alpha value is -1.99. The summed E-state index contributed by atoms with van der Waals surface area (Å²) in [5, 5.41) is 4.50. The van der Waals surface area contributed by atoms with Crippen molar-refractivity contribution in [2.24, 2.45) is 0 Å². The quantitative estimate of drug-likeness (QED) is 0.785. The molecule has 6 nitrogen and oxygen atoms in total. The number of methoxy groups -OCH3 is 1. The molecule has 0 aliphatic heterocycles. The molecule has 1 N–H and O–H groups in total. The molecule has 1 aromatic carbocycles. The molecule has 142 valence electrons. The van der Waals surface area contributed by atoms with Crippen molar-refractivity contribution in [2.45, 2.75) is 51.8 Å². The highest BCUT2D eigenvalue weighted by Gasteiger charge is 2.25. The first kappa shape index (κ1) is 20.3. The van der Waals surface area contributed by atoms with Gasteiger partial charge in [-0.05, 0) is 58.4 Å². The summed E-state index contributed by atoms with van der Waals surface area (Å²) < 4.78 is 21.9. The topological polar surface area (TPSA) is 73.2 Å². The van der Waals surface area contributed by atoms with Gasteiger partial charge in [-0.1, -0.05) is 12.1 Å². The maximum Gasteiger partial charge on any atom is 0.307 e. The molecule has 0 saturated heterocycles. The lowest BCUT2D eigenvalue weighted by Crippen LogP contribution is -2.36. The Morgan fingerprint density at radius 3 is 2.54 bits per heavy atom. The van der Waals surface area contributed by atoms with Crippen molar-refractivity contribution in [3.05, 3.63) is 47.3 Å². The molecule has 0 aliphatic carbocycles. The molecule has 1 aromatic heterocycles. The zero-order chi connectivity index (χ0) is 19.5. The summed E-state index contributed by atoms with van der Waals surface area (Å²) in [6, 6.07) is 9.33. The second kappa shape index (κ2) is 8.14. The fraction of sp³-hybridized carbons (Fsp3) is 0.474. The molecule has 2 rings (SSSR count). The molecule has 0 saturated carbocycles. The van der Waals surface area contributed by atoms with Crippen LogP contribution in [0.1, 0.15) is 50.2 Å². The van der Waals surface area contributed by atoms with E-state index in [4.69, 9.17) is 4.74 Å². The Balaban J connectivity index is 2.38. The van der Waals surface area contributed by atoms with Gasteiger partial charge in [-0.15, -0.1) is 0 Å². The van der Waals surface area contributed by atoms with E-state index in [0.29, 0.717) is 0 Å². The summed E-state index contributed by atoms with van der Waals surface area (Å²) in [4.78, 5) is 11.9. The van der Waals surface area contributed by atoms with Crippen LogP contribution in [0.25, 0.3) is 5.69 Å². The van der Waals surface area contributed by atoms with Crippen molar-refractivity contribution in [1.82, 2.24) is 14.5 Å². The van der Waals surface area contributed by atoms with Crippen LogP contribution < -0.4 is 4.72 Å². The van der Waals surface area contributed by atoms with Crippen molar-refractivity contribution in [2.75, 3.05) is 7.11 Å². The van der Waals surface area contributed by atoms with Gasteiger partial charge in [0.15, 0.2) is 0 Å². The average Bonchev–Trinajstić information content (AvgIpc) is 2.91. The number of rotatable bonds is 6. The Kier molecular flexibility index (Phi) is 6.36. The molecule has 0 spiro atoms.